The zero-order chi connectivity index (χ0) is 21.2. The monoisotopic (exact) mass is 533 g/mol. The summed E-state index contributed by atoms with van der Waals surface area (Å²) in [4.78, 5) is 35.1. The molecule has 3 aromatic heterocycles. The molecule has 0 fully saturated rings. The Hall–Kier alpha value is -2.61. The maximum absolute atomic E-state index is 13.0. The van der Waals surface area contributed by atoms with E-state index < -0.39 is 11.9 Å². The number of rotatable bonds is 4. The summed E-state index contributed by atoms with van der Waals surface area (Å²) in [7, 11) is 0. The highest BCUT2D eigenvalue weighted by atomic mass is 127. The van der Waals surface area contributed by atoms with E-state index in [0.29, 0.717) is 16.7 Å². The summed E-state index contributed by atoms with van der Waals surface area (Å²) < 4.78 is 41.4. The van der Waals surface area contributed by atoms with Gasteiger partial charge in [-0.3, -0.25) is 18.1 Å². The average Bonchev–Trinajstić information content (AvgIpc) is 3.17. The Labute approximate surface area is 180 Å². The molecule has 0 bridgehead atoms. The molecule has 3 aromatic rings. The lowest BCUT2D eigenvalue weighted by atomic mass is 10.0. The number of carbonyl (C=O) groups is 2. The average molecular weight is 533 g/mol. The number of thiazole rings is 1. The van der Waals surface area contributed by atoms with Gasteiger partial charge in [0, 0.05) is 47.6 Å². The van der Waals surface area contributed by atoms with Crippen LogP contribution in [0.15, 0.2) is 36.1 Å². The molecule has 0 unspecified atom stereocenters. The minimum absolute atomic E-state index is 0.0880. The van der Waals surface area contributed by atoms with Crippen molar-refractivity contribution in [3.05, 3.63) is 47.4 Å². The number of nitrogens with one attached hydrogen (secondary N) is 2. The summed E-state index contributed by atoms with van der Waals surface area (Å²) in [5.41, 5.74) is 0.445. The predicted molar refractivity (Wildman–Crippen MR) is 109 cm³/mol. The molecule has 0 aromatic carbocycles. The van der Waals surface area contributed by atoms with Gasteiger partial charge in [0.2, 0.25) is 5.91 Å². The number of hydrogen-bond donors (Lipinski definition) is 2. The molecule has 2 N–H and O–H groups in total. The van der Waals surface area contributed by atoms with Crippen molar-refractivity contribution < 1.29 is 22.8 Å². The number of nitrogens with zero attached hydrogens (tertiary/aromatic N) is 3. The van der Waals surface area contributed by atoms with E-state index in [0.717, 1.165) is 16.7 Å². The molecule has 0 aliphatic rings. The Bertz CT molecular complexity index is 1090. The van der Waals surface area contributed by atoms with Gasteiger partial charge in [0.05, 0.1) is 28.4 Å². The number of hydrogen-bond acceptors (Lipinski definition) is 6. The van der Waals surface area contributed by atoms with Crippen LogP contribution in [0, 0.1) is 0 Å². The zero-order valence-corrected chi connectivity index (χ0v) is 17.5. The lowest BCUT2D eigenvalue weighted by Crippen LogP contribution is -2.12. The SMILES string of the molecule is CC(=O)Nc1cc(-c2nc(C(F)(F)F)cs2)c(-c2cncc(C(=O)NI)c2)cn1. The highest BCUT2D eigenvalue weighted by Gasteiger charge is 2.34. The maximum atomic E-state index is 13.0. The zero-order valence-electron chi connectivity index (χ0n) is 14.5. The van der Waals surface area contributed by atoms with Gasteiger partial charge in [-0.1, -0.05) is 0 Å². The van der Waals surface area contributed by atoms with Crippen LogP contribution in [-0.4, -0.2) is 26.8 Å². The molecule has 0 radical (unpaired) electrons. The molecule has 2 amide bonds. The quantitative estimate of drug-likeness (QED) is 0.385. The molecule has 0 saturated heterocycles. The highest BCUT2D eigenvalue weighted by molar-refractivity contribution is 14.1. The Morgan fingerprint density at radius 2 is 1.90 bits per heavy atom. The van der Waals surface area contributed by atoms with Crippen molar-refractivity contribution in [1.82, 2.24) is 18.5 Å². The third kappa shape index (κ3) is 4.87. The fourth-order valence-electron chi connectivity index (χ4n) is 2.40. The Morgan fingerprint density at radius 1 is 1.14 bits per heavy atom. The lowest BCUT2D eigenvalue weighted by Gasteiger charge is -2.11. The van der Waals surface area contributed by atoms with Gasteiger partial charge < -0.3 is 5.32 Å². The van der Waals surface area contributed by atoms with Crippen LogP contribution in [0.2, 0.25) is 0 Å². The third-order valence-corrected chi connectivity index (χ3v) is 5.00. The highest BCUT2D eigenvalue weighted by Crippen LogP contribution is 2.38. The Balaban J connectivity index is 2.16. The number of alkyl halides is 3. The second-order valence-electron chi connectivity index (χ2n) is 5.72. The molecule has 0 saturated carbocycles. The van der Waals surface area contributed by atoms with Gasteiger partial charge in [-0.2, -0.15) is 13.2 Å². The third-order valence-electron chi connectivity index (χ3n) is 3.63. The molecular weight excluding hydrogens is 522 g/mol. The van der Waals surface area contributed by atoms with Crippen molar-refractivity contribution in [2.75, 3.05) is 5.32 Å². The number of anilines is 1. The van der Waals surface area contributed by atoms with Gasteiger partial charge in [-0.05, 0) is 12.1 Å². The lowest BCUT2D eigenvalue weighted by molar-refractivity contribution is -0.140. The molecule has 0 spiro atoms. The van der Waals surface area contributed by atoms with Crippen LogP contribution < -0.4 is 8.85 Å². The van der Waals surface area contributed by atoms with Crippen molar-refractivity contribution in [2.24, 2.45) is 0 Å². The van der Waals surface area contributed by atoms with E-state index in [-0.39, 0.29) is 28.2 Å². The standard InChI is InChI=1S/C17H11F3IN5O2S/c1-8(27)24-14-3-11(16-25-13(7-29-16)17(18,19)20)12(6-23-14)9-2-10(5-22-4-9)15(28)26-21/h2-7H,1H3,(H,26,28)(H,23,24,27). The molecule has 0 atom stereocenters. The summed E-state index contributed by atoms with van der Waals surface area (Å²) in [6.07, 6.45) is -0.372. The Morgan fingerprint density at radius 3 is 2.52 bits per heavy atom. The van der Waals surface area contributed by atoms with Crippen LogP contribution in [0.3, 0.4) is 0 Å². The minimum atomic E-state index is -4.58. The first kappa shape index (κ1) is 21.1. The molecule has 29 heavy (non-hydrogen) atoms. The predicted octanol–water partition coefficient (Wildman–Crippen LogP) is 4.32. The second-order valence-corrected chi connectivity index (χ2v) is 7.12. The number of carbonyl (C=O) groups excluding carboxylic acids is 2. The summed E-state index contributed by atoms with van der Waals surface area (Å²) in [5, 5.41) is 3.49. The maximum Gasteiger partial charge on any atom is 0.434 e. The van der Waals surface area contributed by atoms with Crippen molar-refractivity contribution in [3.63, 3.8) is 0 Å². The van der Waals surface area contributed by atoms with Crippen LogP contribution in [-0.2, 0) is 11.0 Å². The van der Waals surface area contributed by atoms with E-state index >= 15 is 0 Å². The first-order valence-corrected chi connectivity index (χ1v) is 9.82. The van der Waals surface area contributed by atoms with E-state index in [1.54, 1.807) is 22.9 Å². The smallest absolute Gasteiger partial charge is 0.311 e. The van der Waals surface area contributed by atoms with E-state index in [4.69, 9.17) is 0 Å². The van der Waals surface area contributed by atoms with Gasteiger partial charge >= 0.3 is 6.18 Å². The normalized spacial score (nSPS) is 11.2. The summed E-state index contributed by atoms with van der Waals surface area (Å²) in [5.74, 6) is -0.597. The van der Waals surface area contributed by atoms with Crippen molar-refractivity contribution in [3.8, 4) is 21.7 Å². The second kappa shape index (κ2) is 8.41. The fraction of sp³-hybridized carbons (Fsp3) is 0.118. The van der Waals surface area contributed by atoms with E-state index in [1.165, 1.54) is 37.6 Å². The summed E-state index contributed by atoms with van der Waals surface area (Å²) in [6.45, 7) is 1.29. The molecule has 0 aliphatic heterocycles. The first-order chi connectivity index (χ1) is 13.7. The van der Waals surface area contributed by atoms with Gasteiger partial charge in [-0.15, -0.1) is 11.3 Å². The van der Waals surface area contributed by atoms with Crippen molar-refractivity contribution in [1.29, 1.82) is 0 Å². The van der Waals surface area contributed by atoms with Gasteiger partial charge in [0.15, 0.2) is 5.69 Å². The molecule has 3 heterocycles. The van der Waals surface area contributed by atoms with Gasteiger partial charge in [0.25, 0.3) is 5.91 Å². The number of aromatic nitrogens is 3. The van der Waals surface area contributed by atoms with Crippen LogP contribution >= 0.6 is 34.2 Å². The molecule has 12 heteroatoms. The largest absolute Gasteiger partial charge is 0.434 e. The van der Waals surface area contributed by atoms with Crippen molar-refractivity contribution >= 4 is 51.8 Å². The molecule has 0 aliphatic carbocycles. The minimum Gasteiger partial charge on any atom is -0.311 e. The van der Waals surface area contributed by atoms with Crippen LogP contribution in [0.25, 0.3) is 21.7 Å². The number of pyridine rings is 2. The first-order valence-electron chi connectivity index (χ1n) is 7.86. The molecule has 7 nitrogen and oxygen atoms in total. The summed E-state index contributed by atoms with van der Waals surface area (Å²) >= 11 is 2.50. The van der Waals surface area contributed by atoms with E-state index in [2.05, 4.69) is 23.8 Å². The molecule has 3 rings (SSSR count). The molecule has 150 valence electrons. The fourth-order valence-corrected chi connectivity index (χ4v) is 3.57. The molecular formula is C17H11F3IN5O2S. The summed E-state index contributed by atoms with van der Waals surface area (Å²) in [6, 6.07) is 2.97. The van der Waals surface area contributed by atoms with Crippen molar-refractivity contribution in [2.45, 2.75) is 13.1 Å². The number of halogens is 4. The van der Waals surface area contributed by atoms with Crippen LogP contribution in [0.1, 0.15) is 23.0 Å². The van der Waals surface area contributed by atoms with E-state index in [1.807, 2.05) is 0 Å². The van der Waals surface area contributed by atoms with Crippen LogP contribution in [0.4, 0.5) is 19.0 Å². The van der Waals surface area contributed by atoms with E-state index in [9.17, 15) is 22.8 Å². The number of amides is 2. The topological polar surface area (TPSA) is 96.9 Å². The van der Waals surface area contributed by atoms with Gasteiger partial charge in [0.1, 0.15) is 10.8 Å². The van der Waals surface area contributed by atoms with Gasteiger partial charge in [-0.25, -0.2) is 9.97 Å². The Kier molecular flexibility index (Phi) is 6.12. The van der Waals surface area contributed by atoms with Crippen LogP contribution in [0.5, 0.6) is 0 Å².